The Morgan fingerprint density at radius 2 is 2.09 bits per heavy atom. The van der Waals surface area contributed by atoms with E-state index >= 15 is 0 Å². The molecule has 0 radical (unpaired) electrons. The molecule has 1 atom stereocenters. The van der Waals surface area contributed by atoms with E-state index in [2.05, 4.69) is 73.9 Å². The number of nitrogens with zero attached hydrogens (tertiary/aromatic N) is 3. The van der Waals surface area contributed by atoms with Crippen LogP contribution in [0.25, 0.3) is 6.08 Å². The fourth-order valence-electron chi connectivity index (χ4n) is 3.40. The van der Waals surface area contributed by atoms with Gasteiger partial charge in [0.15, 0.2) is 5.13 Å². The van der Waals surface area contributed by atoms with E-state index in [-0.39, 0.29) is 0 Å². The monoisotopic (exact) mass is 465 g/mol. The van der Waals surface area contributed by atoms with Crippen LogP contribution >= 0.6 is 11.3 Å². The van der Waals surface area contributed by atoms with E-state index in [1.807, 2.05) is 24.6 Å². The van der Waals surface area contributed by atoms with Gasteiger partial charge in [-0.25, -0.2) is 9.97 Å². The molecule has 2 N–H and O–H groups in total. The molecule has 0 aromatic carbocycles. The zero-order valence-corrected chi connectivity index (χ0v) is 21.9. The number of hydrogen-bond acceptors (Lipinski definition) is 6. The topological polar surface area (TPSA) is 62.2 Å². The maximum absolute atomic E-state index is 4.75. The van der Waals surface area contributed by atoms with Crippen LogP contribution in [0.3, 0.4) is 0 Å². The molecule has 0 fully saturated rings. The predicted molar refractivity (Wildman–Crippen MR) is 146 cm³/mol. The predicted octanol–water partition coefficient (Wildman–Crippen LogP) is 7.25. The summed E-state index contributed by atoms with van der Waals surface area (Å²) in [5.74, 6) is 0.813. The first-order chi connectivity index (χ1) is 15.8. The minimum absolute atomic E-state index is 0.516. The first-order valence-corrected chi connectivity index (χ1v) is 12.5. The van der Waals surface area contributed by atoms with Crippen molar-refractivity contribution in [3.63, 3.8) is 0 Å². The van der Waals surface area contributed by atoms with Crippen molar-refractivity contribution in [3.05, 3.63) is 63.8 Å². The Balaban J connectivity index is 2.01. The number of aromatic nitrogens is 2. The molecule has 2 heterocycles. The molecule has 0 saturated carbocycles. The number of nitrogens with one attached hydrogen (secondary N) is 2. The van der Waals surface area contributed by atoms with Crippen LogP contribution in [0, 0.1) is 6.92 Å². The molecule has 0 aliphatic heterocycles. The van der Waals surface area contributed by atoms with Crippen LogP contribution in [0.5, 0.6) is 0 Å². The third kappa shape index (κ3) is 9.06. The number of aliphatic imine (C=N–C) groups is 1. The Hall–Kier alpha value is -2.57. The van der Waals surface area contributed by atoms with Crippen molar-refractivity contribution in [2.24, 2.45) is 4.99 Å². The molecule has 2 rings (SSSR count). The van der Waals surface area contributed by atoms with Gasteiger partial charge in [-0.1, -0.05) is 44.4 Å². The second-order valence-electron chi connectivity index (χ2n) is 8.57. The molecular weight excluding hydrogens is 426 g/mol. The number of hydrogen-bond donors (Lipinski definition) is 2. The fourth-order valence-corrected chi connectivity index (χ4v) is 4.21. The zero-order valence-electron chi connectivity index (χ0n) is 21.0. The summed E-state index contributed by atoms with van der Waals surface area (Å²) in [5, 5.41) is 7.82. The Bertz CT molecular complexity index is 996. The summed E-state index contributed by atoms with van der Waals surface area (Å²) in [6, 6.07) is 4.66. The molecule has 0 saturated heterocycles. The van der Waals surface area contributed by atoms with Crippen LogP contribution in [0.4, 0.5) is 10.9 Å². The highest BCUT2D eigenvalue weighted by Crippen LogP contribution is 2.26. The number of thiazole rings is 1. The van der Waals surface area contributed by atoms with Crippen LogP contribution in [0.1, 0.15) is 69.5 Å². The van der Waals surface area contributed by atoms with Crippen LogP contribution < -0.4 is 10.6 Å². The first kappa shape index (κ1) is 26.7. The maximum atomic E-state index is 4.75. The van der Waals surface area contributed by atoms with E-state index in [1.165, 1.54) is 36.8 Å². The summed E-state index contributed by atoms with van der Waals surface area (Å²) in [7, 11) is 1.77. The van der Waals surface area contributed by atoms with Gasteiger partial charge in [0.1, 0.15) is 5.82 Å². The van der Waals surface area contributed by atoms with E-state index < -0.39 is 0 Å². The van der Waals surface area contributed by atoms with Gasteiger partial charge in [0.2, 0.25) is 0 Å². The summed E-state index contributed by atoms with van der Waals surface area (Å²) in [6.45, 7) is 15.7. The fraction of sp³-hybridized carbons (Fsp3) is 0.444. The standard InChI is InChI=1S/C27H39N5S/c1-8-9-10-11-21(5)30-17-23-14-15-29-26(16-23)32-27-31-25(22(6)33-27)13-12-20(4)24(18-28-7)19(2)3/h12-16,18,21,30H,4,8-11,17H2,1-3,5-7H3,(H,29,31,32)/b13-12-,28-18?. The molecule has 2 aromatic heterocycles. The highest BCUT2D eigenvalue weighted by atomic mass is 32.1. The van der Waals surface area contributed by atoms with Gasteiger partial charge in [-0.3, -0.25) is 4.99 Å². The molecule has 5 nitrogen and oxygen atoms in total. The van der Waals surface area contributed by atoms with Crippen LogP contribution in [0.2, 0.25) is 0 Å². The largest absolute Gasteiger partial charge is 0.316 e. The summed E-state index contributed by atoms with van der Waals surface area (Å²) in [4.78, 5) is 14.5. The quantitative estimate of drug-likeness (QED) is 0.186. The van der Waals surface area contributed by atoms with Crippen LogP contribution in [-0.4, -0.2) is 29.3 Å². The molecule has 178 valence electrons. The lowest BCUT2D eigenvalue weighted by molar-refractivity contribution is 0.487. The molecular formula is C27H39N5S. The first-order valence-electron chi connectivity index (χ1n) is 11.7. The Morgan fingerprint density at radius 1 is 1.30 bits per heavy atom. The van der Waals surface area contributed by atoms with Gasteiger partial charge in [-0.15, -0.1) is 11.3 Å². The number of rotatable bonds is 13. The molecule has 0 aliphatic carbocycles. The number of pyridine rings is 1. The third-order valence-electron chi connectivity index (χ3n) is 5.37. The molecule has 0 spiro atoms. The van der Waals surface area contributed by atoms with Crippen molar-refractivity contribution < 1.29 is 0 Å². The second kappa shape index (κ2) is 13.9. The van der Waals surface area contributed by atoms with Crippen molar-refractivity contribution in [3.8, 4) is 0 Å². The van der Waals surface area contributed by atoms with E-state index in [0.717, 1.165) is 39.2 Å². The van der Waals surface area contributed by atoms with E-state index in [4.69, 9.17) is 4.98 Å². The SMILES string of the molecule is C=C(/C=C\c1nc(Nc2cc(CNC(C)CCCCC)ccn2)sc1C)C(C=NC)=C(C)C. The number of allylic oxidation sites excluding steroid dienone is 4. The van der Waals surface area contributed by atoms with E-state index in [0.29, 0.717) is 6.04 Å². The minimum Gasteiger partial charge on any atom is -0.316 e. The van der Waals surface area contributed by atoms with Gasteiger partial charge in [0.25, 0.3) is 0 Å². The van der Waals surface area contributed by atoms with Gasteiger partial charge in [-0.2, -0.15) is 0 Å². The Labute approximate surface area is 203 Å². The van der Waals surface area contributed by atoms with E-state index in [1.54, 1.807) is 18.4 Å². The average molecular weight is 466 g/mol. The lowest BCUT2D eigenvalue weighted by atomic mass is 10.0. The van der Waals surface area contributed by atoms with Crippen LogP contribution in [0.15, 0.2) is 52.7 Å². The second-order valence-corrected chi connectivity index (χ2v) is 9.78. The van der Waals surface area contributed by atoms with Crippen molar-refractivity contribution in [2.75, 3.05) is 12.4 Å². The lowest BCUT2D eigenvalue weighted by Gasteiger charge is -2.14. The molecule has 2 aromatic rings. The maximum Gasteiger partial charge on any atom is 0.189 e. The summed E-state index contributed by atoms with van der Waals surface area (Å²) in [5.41, 5.74) is 5.31. The Morgan fingerprint density at radius 3 is 2.79 bits per heavy atom. The highest BCUT2D eigenvalue weighted by Gasteiger charge is 2.08. The highest BCUT2D eigenvalue weighted by molar-refractivity contribution is 7.15. The molecule has 33 heavy (non-hydrogen) atoms. The average Bonchev–Trinajstić information content (AvgIpc) is 3.13. The van der Waals surface area contributed by atoms with Crippen molar-refractivity contribution in [2.45, 2.75) is 72.9 Å². The summed E-state index contributed by atoms with van der Waals surface area (Å²) < 4.78 is 0. The normalized spacial score (nSPS) is 12.4. The number of aryl methyl sites for hydroxylation is 1. The van der Waals surface area contributed by atoms with Crippen LogP contribution in [-0.2, 0) is 6.54 Å². The van der Waals surface area contributed by atoms with Crippen molar-refractivity contribution in [1.29, 1.82) is 0 Å². The summed E-state index contributed by atoms with van der Waals surface area (Å²) in [6.07, 6.45) is 12.8. The van der Waals surface area contributed by atoms with Crippen molar-refractivity contribution >= 4 is 34.6 Å². The smallest absolute Gasteiger partial charge is 0.189 e. The van der Waals surface area contributed by atoms with Gasteiger partial charge in [0, 0.05) is 36.9 Å². The number of anilines is 2. The molecule has 0 bridgehead atoms. The number of unbranched alkanes of at least 4 members (excludes halogenated alkanes) is 2. The van der Waals surface area contributed by atoms with Gasteiger partial charge in [0.05, 0.1) is 5.69 Å². The molecule has 0 amide bonds. The third-order valence-corrected chi connectivity index (χ3v) is 6.27. The minimum atomic E-state index is 0.516. The van der Waals surface area contributed by atoms with Crippen molar-refractivity contribution in [1.82, 2.24) is 15.3 Å². The molecule has 6 heteroatoms. The Kier molecular flexibility index (Phi) is 11.2. The molecule has 1 unspecified atom stereocenters. The van der Waals surface area contributed by atoms with Gasteiger partial charge >= 0.3 is 0 Å². The van der Waals surface area contributed by atoms with E-state index in [9.17, 15) is 0 Å². The lowest BCUT2D eigenvalue weighted by Crippen LogP contribution is -2.25. The van der Waals surface area contributed by atoms with Gasteiger partial charge in [-0.05, 0) is 69.0 Å². The summed E-state index contributed by atoms with van der Waals surface area (Å²) >= 11 is 1.62. The zero-order chi connectivity index (χ0) is 24.2. The van der Waals surface area contributed by atoms with Gasteiger partial charge < -0.3 is 10.6 Å². The molecule has 0 aliphatic rings.